The third-order valence-electron chi connectivity index (χ3n) is 6.18. The molecule has 0 fully saturated rings. The molecule has 0 amide bonds. The molecule has 0 bridgehead atoms. The van der Waals surface area contributed by atoms with Gasteiger partial charge in [-0.15, -0.1) is 42.5 Å². The molecule has 2 radical (unpaired) electrons. The number of rotatable bonds is 2. The fourth-order valence-corrected chi connectivity index (χ4v) is 5.23. The molecule has 3 rings (SSSR count). The quantitative estimate of drug-likeness (QED) is 0.323. The van der Waals surface area contributed by atoms with Gasteiger partial charge in [0.2, 0.25) is 0 Å². The summed E-state index contributed by atoms with van der Waals surface area (Å²) in [6.07, 6.45) is 3.51. The van der Waals surface area contributed by atoms with Gasteiger partial charge in [0.15, 0.2) is 0 Å². The van der Waals surface area contributed by atoms with Gasteiger partial charge in [-0.05, 0) is 49.8 Å². The van der Waals surface area contributed by atoms with Gasteiger partial charge < -0.3 is 10.0 Å². The summed E-state index contributed by atoms with van der Waals surface area (Å²) < 4.78 is 0. The monoisotopic (exact) mass is 560 g/mol. The third kappa shape index (κ3) is 11.4. The largest absolute Gasteiger partial charge is 0.508 e. The summed E-state index contributed by atoms with van der Waals surface area (Å²) in [6, 6.07) is 15.2. The predicted octanol–water partition coefficient (Wildman–Crippen LogP) is 6.77. The number of fused-ring (bicyclic) bond motifs is 1. The van der Waals surface area contributed by atoms with Crippen LogP contribution < -0.4 is 5.19 Å². The van der Waals surface area contributed by atoms with Crippen LogP contribution in [0.25, 0.3) is 0 Å². The van der Waals surface area contributed by atoms with Crippen molar-refractivity contribution in [2.24, 2.45) is 0 Å². The summed E-state index contributed by atoms with van der Waals surface area (Å²) >= 11 is 0. The molecule has 2 nitrogen and oxygen atoms in total. The Kier molecular flexibility index (Phi) is 18.6. The topological polar surface area (TPSA) is 23.5 Å². The molecule has 186 valence electrons. The molecule has 1 aliphatic carbocycles. The fourth-order valence-electron chi connectivity index (χ4n) is 3.26. The molecule has 0 saturated heterocycles. The molecule has 33 heavy (non-hydrogen) atoms. The van der Waals surface area contributed by atoms with E-state index in [9.17, 15) is 5.11 Å². The first kappa shape index (κ1) is 37.3. The van der Waals surface area contributed by atoms with Gasteiger partial charge in [-0.3, -0.25) is 0 Å². The number of hydrogen-bond acceptors (Lipinski definition) is 2. The Balaban J connectivity index is -0.000000456. The Hall–Kier alpha value is -0.202. The number of likely N-dealkylation sites (N-methyl/N-ethyl adjacent to an activating group) is 1. The second kappa shape index (κ2) is 16.5. The molecule has 2 aromatic carbocycles. The minimum atomic E-state index is -1.50. The van der Waals surface area contributed by atoms with Gasteiger partial charge in [0.1, 0.15) is 5.75 Å². The van der Waals surface area contributed by atoms with E-state index >= 15 is 0 Å². The van der Waals surface area contributed by atoms with Crippen molar-refractivity contribution in [2.45, 2.75) is 71.4 Å². The molecule has 1 atom stereocenters. The van der Waals surface area contributed by atoms with Crippen LogP contribution in [0.2, 0.25) is 31.2 Å². The summed E-state index contributed by atoms with van der Waals surface area (Å²) in [5.74, 6) is 0.398. The molecule has 0 heterocycles. The summed E-state index contributed by atoms with van der Waals surface area (Å²) in [6.45, 7) is 17.9. The van der Waals surface area contributed by atoms with Gasteiger partial charge in [0, 0.05) is 31.2 Å². The summed E-state index contributed by atoms with van der Waals surface area (Å²) in [7, 11) is 3.84. The van der Waals surface area contributed by atoms with Crippen molar-refractivity contribution < 1.29 is 26.8 Å². The second-order valence-electron chi connectivity index (χ2n) is 10.0. The van der Waals surface area contributed by atoms with Crippen LogP contribution in [0.5, 0.6) is 5.75 Å². The Morgan fingerprint density at radius 3 is 1.97 bits per heavy atom. The number of benzene rings is 2. The van der Waals surface area contributed by atoms with Gasteiger partial charge >= 0.3 is 0 Å². The Labute approximate surface area is 234 Å². The molecular weight excluding hydrogens is 517 g/mol. The molecule has 0 spiro atoms. The molecule has 2 aromatic rings. The van der Waals surface area contributed by atoms with Crippen LogP contribution in [-0.2, 0) is 28.1 Å². The number of phenols is 1. The number of hydrogen-bond donors (Lipinski definition) is 1. The summed E-state index contributed by atoms with van der Waals surface area (Å²) in [4.78, 5) is 2.26. The van der Waals surface area contributed by atoms with E-state index in [1.165, 1.54) is 22.7 Å². The maximum absolute atomic E-state index is 9.65. The zero-order valence-electron chi connectivity index (χ0n) is 22.1. The Bertz CT molecular complexity index is 766. The number of aromatic hydroxyl groups is 1. The molecule has 1 unspecified atom stereocenters. The fraction of sp³-hybridized carbons (Fsp3) is 0.500. The van der Waals surface area contributed by atoms with Crippen molar-refractivity contribution in [3.63, 3.8) is 0 Å². The van der Waals surface area contributed by atoms with Crippen LogP contribution in [0.3, 0.4) is 0 Å². The molecule has 0 aromatic heterocycles. The van der Waals surface area contributed by atoms with E-state index in [4.69, 9.17) is 0 Å². The maximum atomic E-state index is 9.65. The molecule has 1 N–H and O–H groups in total. The van der Waals surface area contributed by atoms with Gasteiger partial charge in [-0.1, -0.05) is 70.7 Å². The smallest absolute Gasteiger partial charge is 0.115 e. The minimum Gasteiger partial charge on any atom is -0.508 e. The number of halogens is 2. The van der Waals surface area contributed by atoms with Gasteiger partial charge in [-0.25, -0.2) is 0 Å². The number of aryl methyl sites for hydroxylation is 1. The van der Waals surface area contributed by atoms with Gasteiger partial charge in [0.25, 0.3) is 0 Å². The third-order valence-corrected chi connectivity index (χ3v) is 11.7. The minimum absolute atomic E-state index is 0. The van der Waals surface area contributed by atoms with Crippen LogP contribution in [0.1, 0.15) is 37.5 Å². The Morgan fingerprint density at radius 2 is 1.55 bits per heavy atom. The molecular formula is C26H44Cl2NOSi2Ti-. The van der Waals surface area contributed by atoms with Crippen LogP contribution in [0, 0.1) is 13.3 Å². The molecule has 1 aliphatic rings. The average Bonchev–Trinajstić information content (AvgIpc) is 3.06. The van der Waals surface area contributed by atoms with Crippen molar-refractivity contribution >= 4 is 47.6 Å². The number of nitrogens with zero attached hydrogens (tertiary/aromatic N) is 1. The van der Waals surface area contributed by atoms with Crippen molar-refractivity contribution in [2.75, 3.05) is 14.1 Å². The Morgan fingerprint density at radius 1 is 1.03 bits per heavy atom. The van der Waals surface area contributed by atoms with Crippen molar-refractivity contribution in [3.05, 3.63) is 65.6 Å². The normalized spacial score (nSPS) is 14.0. The SMILES string of the molecule is CN(C)C1[CH-]c2ccccc2C1.C[Si]C.Cc1cc(O)cc([Si](C)(C)C(C)(C)C)c1.Cl.Cl.[Ti]. The number of phenolic OH excluding ortho intramolecular Hbond substituents is 1. The zero-order chi connectivity index (χ0) is 23.1. The van der Waals surface area contributed by atoms with E-state index in [0.717, 1.165) is 15.1 Å². The molecule has 7 heteroatoms. The molecule has 0 saturated carbocycles. The van der Waals surface area contributed by atoms with Gasteiger partial charge in [0.05, 0.1) is 8.07 Å². The predicted molar refractivity (Wildman–Crippen MR) is 153 cm³/mol. The summed E-state index contributed by atoms with van der Waals surface area (Å²) in [5, 5.41) is 11.3. The van der Waals surface area contributed by atoms with Crippen molar-refractivity contribution in [1.29, 1.82) is 0 Å². The van der Waals surface area contributed by atoms with Crippen LogP contribution in [-0.4, -0.2) is 47.7 Å². The second-order valence-corrected chi connectivity index (χ2v) is 16.4. The van der Waals surface area contributed by atoms with E-state index in [-0.39, 0.29) is 46.5 Å². The van der Waals surface area contributed by atoms with Crippen LogP contribution in [0.4, 0.5) is 0 Å². The average molecular weight is 562 g/mol. The first-order valence-electron chi connectivity index (χ1n) is 10.8. The standard InChI is InChI=1S/C13H22OSi.C11H14N.C2H6Si.2ClH.Ti/c1-10-7-11(14)9-12(8-10)15(5,6)13(2,3)4;1-12(2)11-7-9-5-3-4-6-10(9)8-11;1-3-2;;;/h7-9,14H,1-6H3;3-7,11H,8H2,1-2H3;1-2H3;2*1H;/q;-1;;;;. The maximum Gasteiger partial charge on any atom is 0.115 e. The van der Waals surface area contributed by atoms with E-state index in [0.29, 0.717) is 16.8 Å². The first-order chi connectivity index (χ1) is 13.8. The van der Waals surface area contributed by atoms with Crippen molar-refractivity contribution in [1.82, 2.24) is 4.90 Å². The first-order valence-corrected chi connectivity index (χ1v) is 15.8. The van der Waals surface area contributed by atoms with Crippen LogP contribution >= 0.6 is 24.8 Å². The van der Waals surface area contributed by atoms with Crippen molar-refractivity contribution in [3.8, 4) is 5.75 Å². The van der Waals surface area contributed by atoms with E-state index < -0.39 is 8.07 Å². The van der Waals surface area contributed by atoms with E-state index in [1.54, 1.807) is 0 Å². The summed E-state index contributed by atoms with van der Waals surface area (Å²) in [5.41, 5.74) is 4.04. The van der Waals surface area contributed by atoms with E-state index in [1.807, 2.05) is 19.1 Å². The molecule has 0 aliphatic heterocycles. The van der Waals surface area contributed by atoms with Crippen LogP contribution in [0.15, 0.2) is 42.5 Å². The van der Waals surface area contributed by atoms with E-state index in [2.05, 4.69) is 103 Å². The zero-order valence-corrected chi connectivity index (χ0v) is 27.3. The van der Waals surface area contributed by atoms with Gasteiger partial charge in [-0.2, -0.15) is 18.1 Å².